The predicted molar refractivity (Wildman–Crippen MR) is 120 cm³/mol. The lowest BCUT2D eigenvalue weighted by Gasteiger charge is -2.47. The highest BCUT2D eigenvalue weighted by atomic mass is 19.4. The second-order valence-corrected chi connectivity index (χ2v) is 9.88. The van der Waals surface area contributed by atoms with Gasteiger partial charge < -0.3 is 29.2 Å². The van der Waals surface area contributed by atoms with Crippen LogP contribution in [0.4, 0.5) is 29.3 Å². The van der Waals surface area contributed by atoms with Crippen LogP contribution in [0.5, 0.6) is 11.5 Å². The number of methoxy groups -OCH3 is 1. The summed E-state index contributed by atoms with van der Waals surface area (Å²) < 4.78 is 70.5. The number of nitrogens with zero attached hydrogens (tertiary/aromatic N) is 2. The van der Waals surface area contributed by atoms with Gasteiger partial charge in [-0.1, -0.05) is 6.92 Å². The third-order valence-electron chi connectivity index (χ3n) is 7.33. The molecule has 2 aromatic rings. The van der Waals surface area contributed by atoms with E-state index in [1.807, 2.05) is 6.92 Å². The summed E-state index contributed by atoms with van der Waals surface area (Å²) >= 11 is 0. The van der Waals surface area contributed by atoms with E-state index in [0.29, 0.717) is 31.3 Å². The molecule has 1 saturated heterocycles. The van der Waals surface area contributed by atoms with Crippen LogP contribution in [0, 0.1) is 17.7 Å². The number of ether oxygens (including phenoxy) is 2. The van der Waals surface area contributed by atoms with Crippen molar-refractivity contribution in [2.75, 3.05) is 30.4 Å². The molecule has 36 heavy (non-hydrogen) atoms. The van der Waals surface area contributed by atoms with Gasteiger partial charge in [0.2, 0.25) is 0 Å². The number of anilines is 2. The van der Waals surface area contributed by atoms with E-state index in [-0.39, 0.29) is 23.6 Å². The monoisotopic (exact) mass is 513 g/mol. The van der Waals surface area contributed by atoms with Gasteiger partial charge >= 0.3 is 6.18 Å². The molecule has 0 radical (unpaired) electrons. The van der Waals surface area contributed by atoms with Crippen LogP contribution in [0.3, 0.4) is 0 Å². The number of hydrogen-bond donors (Lipinski definition) is 2. The Morgan fingerprint density at radius 1 is 1.28 bits per heavy atom. The first-order chi connectivity index (χ1) is 17.0. The van der Waals surface area contributed by atoms with Crippen molar-refractivity contribution in [2.24, 2.45) is 11.8 Å². The highest BCUT2D eigenvalue weighted by Crippen LogP contribution is 2.53. The molecule has 3 atom stereocenters. The van der Waals surface area contributed by atoms with E-state index < -0.39 is 47.1 Å². The van der Waals surface area contributed by atoms with E-state index in [0.717, 1.165) is 31.4 Å². The molecule has 1 aliphatic heterocycles. The number of hydrogen-bond acceptors (Lipinski definition) is 7. The van der Waals surface area contributed by atoms with Crippen LogP contribution in [0.2, 0.25) is 0 Å². The molecule has 196 valence electrons. The SMILES string of the molecule is CCC1(OC)CN(c2nc(C(=O)Nc3cc(O)c(O[C@@H]4CC5C[C@@H]5C4)c(F)c3)c(CC(F)(F)F)o2)C1. The molecule has 2 N–H and O–H groups in total. The number of carbonyl (C=O) groups is 1. The van der Waals surface area contributed by atoms with E-state index in [1.165, 1.54) is 0 Å². The lowest BCUT2D eigenvalue weighted by molar-refractivity contribution is -0.130. The molecule has 1 aromatic carbocycles. The number of amides is 1. The number of halogens is 4. The Hall–Kier alpha value is -3.02. The van der Waals surface area contributed by atoms with Crippen LogP contribution >= 0.6 is 0 Å². The molecule has 2 aliphatic carbocycles. The molecule has 0 spiro atoms. The summed E-state index contributed by atoms with van der Waals surface area (Å²) in [6, 6.07) is 1.89. The standard InChI is InChI=1S/C24H27F4N3O5/c1-3-23(34-2)10-31(11-23)22-30-19(18(36-22)9-24(26,27)28)21(33)29-14-7-16(25)20(17(32)8-14)35-15-5-12-4-13(12)6-15/h7-8,12-13,15,32H,3-6,9-11H2,1-2H3,(H,29,33)/t12-,13?,15+/m1/s1. The molecule has 0 bridgehead atoms. The minimum atomic E-state index is -4.65. The van der Waals surface area contributed by atoms with Gasteiger partial charge in [-0.05, 0) is 37.5 Å². The number of aromatic hydroxyl groups is 1. The zero-order valence-corrected chi connectivity index (χ0v) is 19.8. The topological polar surface area (TPSA) is 97.1 Å². The van der Waals surface area contributed by atoms with E-state index >= 15 is 0 Å². The summed E-state index contributed by atoms with van der Waals surface area (Å²) in [6.45, 7) is 2.61. The highest BCUT2D eigenvalue weighted by Gasteiger charge is 2.47. The lowest BCUT2D eigenvalue weighted by Crippen LogP contribution is -2.62. The number of phenols is 1. The van der Waals surface area contributed by atoms with Crippen LogP contribution in [0.1, 0.15) is 48.9 Å². The van der Waals surface area contributed by atoms with Crippen molar-refractivity contribution < 1.29 is 41.4 Å². The zero-order chi connectivity index (χ0) is 25.8. The Morgan fingerprint density at radius 2 is 1.97 bits per heavy atom. The average Bonchev–Trinajstić information content (AvgIpc) is 3.17. The first-order valence-corrected chi connectivity index (χ1v) is 11.9. The number of fused-ring (bicyclic) bond motifs is 1. The number of alkyl halides is 3. The van der Waals surface area contributed by atoms with Crippen molar-refractivity contribution in [1.82, 2.24) is 4.98 Å². The van der Waals surface area contributed by atoms with Crippen molar-refractivity contribution >= 4 is 17.6 Å². The zero-order valence-electron chi connectivity index (χ0n) is 19.8. The Kier molecular flexibility index (Phi) is 6.05. The molecular formula is C24H27F4N3O5. The fourth-order valence-corrected chi connectivity index (χ4v) is 5.12. The molecule has 8 nitrogen and oxygen atoms in total. The number of oxazole rings is 1. The molecule has 3 fully saturated rings. The molecule has 5 rings (SSSR count). The van der Waals surface area contributed by atoms with Gasteiger partial charge in [-0.2, -0.15) is 18.2 Å². The molecule has 2 saturated carbocycles. The third-order valence-corrected chi connectivity index (χ3v) is 7.33. The fraction of sp³-hybridized carbons (Fsp3) is 0.583. The molecular weight excluding hydrogens is 486 g/mol. The van der Waals surface area contributed by atoms with Gasteiger partial charge in [-0.3, -0.25) is 4.79 Å². The number of aromatic nitrogens is 1. The van der Waals surface area contributed by atoms with Crippen LogP contribution in [0.25, 0.3) is 0 Å². The van der Waals surface area contributed by atoms with Gasteiger partial charge in [-0.25, -0.2) is 4.39 Å². The van der Waals surface area contributed by atoms with Gasteiger partial charge in [0.25, 0.3) is 11.9 Å². The lowest BCUT2D eigenvalue weighted by atomic mass is 9.91. The fourth-order valence-electron chi connectivity index (χ4n) is 5.12. The van der Waals surface area contributed by atoms with Gasteiger partial charge in [0.1, 0.15) is 17.8 Å². The van der Waals surface area contributed by atoms with Crippen molar-refractivity contribution in [1.29, 1.82) is 0 Å². The van der Waals surface area contributed by atoms with E-state index in [2.05, 4.69) is 10.3 Å². The predicted octanol–water partition coefficient (Wildman–Crippen LogP) is 4.67. The molecule has 1 amide bonds. The van der Waals surface area contributed by atoms with Crippen LogP contribution in [-0.2, 0) is 11.2 Å². The van der Waals surface area contributed by atoms with Crippen LogP contribution in [-0.4, -0.2) is 54.1 Å². The first-order valence-electron chi connectivity index (χ1n) is 11.9. The minimum Gasteiger partial charge on any atom is -0.504 e. The largest absolute Gasteiger partial charge is 0.504 e. The van der Waals surface area contributed by atoms with Crippen molar-refractivity contribution in [3.05, 3.63) is 29.4 Å². The number of rotatable bonds is 8. The summed E-state index contributed by atoms with van der Waals surface area (Å²) in [6.07, 6.45) is -2.89. The van der Waals surface area contributed by atoms with Crippen molar-refractivity contribution in [3.8, 4) is 11.5 Å². The normalized spacial score (nSPS) is 24.3. The van der Waals surface area contributed by atoms with Gasteiger partial charge in [-0.15, -0.1) is 0 Å². The summed E-state index contributed by atoms with van der Waals surface area (Å²) in [4.78, 5) is 18.4. The minimum absolute atomic E-state index is 0.132. The maximum atomic E-state index is 14.7. The quantitative estimate of drug-likeness (QED) is 0.495. The van der Waals surface area contributed by atoms with Crippen LogP contribution < -0.4 is 15.0 Å². The van der Waals surface area contributed by atoms with E-state index in [9.17, 15) is 27.5 Å². The Balaban J connectivity index is 1.32. The van der Waals surface area contributed by atoms with Gasteiger partial charge in [0.05, 0.1) is 19.2 Å². The van der Waals surface area contributed by atoms with E-state index in [1.54, 1.807) is 12.0 Å². The molecule has 1 unspecified atom stereocenters. The van der Waals surface area contributed by atoms with Crippen molar-refractivity contribution in [3.63, 3.8) is 0 Å². The number of nitrogens with one attached hydrogen (secondary N) is 1. The molecule has 12 heteroatoms. The van der Waals surface area contributed by atoms with Gasteiger partial charge in [0.15, 0.2) is 23.0 Å². The summed E-state index contributed by atoms with van der Waals surface area (Å²) in [5.74, 6) is -2.21. The number of benzene rings is 1. The second-order valence-electron chi connectivity index (χ2n) is 9.88. The summed E-state index contributed by atoms with van der Waals surface area (Å²) in [5.41, 5.74) is -1.19. The maximum absolute atomic E-state index is 14.7. The third kappa shape index (κ3) is 4.82. The summed E-state index contributed by atoms with van der Waals surface area (Å²) in [7, 11) is 1.55. The smallest absolute Gasteiger partial charge is 0.396 e. The summed E-state index contributed by atoms with van der Waals surface area (Å²) in [5, 5.41) is 12.6. The highest BCUT2D eigenvalue weighted by molar-refractivity contribution is 6.04. The molecule has 3 aliphatic rings. The Bertz CT molecular complexity index is 1120. The van der Waals surface area contributed by atoms with E-state index in [4.69, 9.17) is 13.9 Å². The van der Waals surface area contributed by atoms with Gasteiger partial charge in [0, 0.05) is 24.9 Å². The number of carbonyl (C=O) groups excluding carboxylic acids is 1. The number of phenolic OH excluding ortho intramolecular Hbond substituents is 1. The molecule has 2 heterocycles. The molecule has 1 aromatic heterocycles. The Morgan fingerprint density at radius 3 is 2.56 bits per heavy atom. The first kappa shape index (κ1) is 24.7. The van der Waals surface area contributed by atoms with Crippen molar-refractivity contribution in [2.45, 2.75) is 56.9 Å². The Labute approximate surface area is 204 Å². The van der Waals surface area contributed by atoms with Crippen LogP contribution in [0.15, 0.2) is 16.5 Å². The average molecular weight is 513 g/mol. The second kappa shape index (κ2) is 8.82. The maximum Gasteiger partial charge on any atom is 0.396 e.